The zero-order valence-corrected chi connectivity index (χ0v) is 29.6. The summed E-state index contributed by atoms with van der Waals surface area (Å²) >= 11 is 0. The third-order valence-electron chi connectivity index (χ3n) is 10.8. The molecule has 15 heteroatoms. The predicted molar refractivity (Wildman–Crippen MR) is 193 cm³/mol. The number of nitriles is 2. The van der Waals surface area contributed by atoms with Crippen molar-refractivity contribution >= 4 is 22.1 Å². The SMILES string of the molecule is N#CCC(C1CCCC1)n1cc(-c2ncnc3c2ccn3COCOCOCn2ccc3c(-c4cnn(C(CC#N)C5CCCC5)c4)ncnc32)cn1. The largest absolute Gasteiger partial charge is 0.335 e. The van der Waals surface area contributed by atoms with Crippen LogP contribution in [0.2, 0.25) is 0 Å². The summed E-state index contributed by atoms with van der Waals surface area (Å²) in [6.07, 6.45) is 24.9. The maximum absolute atomic E-state index is 9.46. The normalized spacial score (nSPS) is 16.4. The third kappa shape index (κ3) is 7.28. The van der Waals surface area contributed by atoms with Gasteiger partial charge in [-0.2, -0.15) is 20.7 Å². The van der Waals surface area contributed by atoms with Crippen molar-refractivity contribution in [2.75, 3.05) is 13.6 Å². The predicted octanol–water partition coefficient (Wildman–Crippen LogP) is 6.77. The molecule has 2 saturated carbocycles. The summed E-state index contributed by atoms with van der Waals surface area (Å²) < 4.78 is 24.9. The minimum Gasteiger partial charge on any atom is -0.335 e. The molecule has 2 unspecified atom stereocenters. The number of hydrogen-bond acceptors (Lipinski definition) is 11. The summed E-state index contributed by atoms with van der Waals surface area (Å²) in [6, 6.07) is 8.83. The Labute approximate surface area is 306 Å². The van der Waals surface area contributed by atoms with Crippen LogP contribution < -0.4 is 0 Å². The van der Waals surface area contributed by atoms with Gasteiger partial charge in [0.1, 0.15) is 37.4 Å². The highest BCUT2D eigenvalue weighted by molar-refractivity contribution is 5.91. The van der Waals surface area contributed by atoms with Gasteiger partial charge in [-0.1, -0.05) is 25.7 Å². The van der Waals surface area contributed by atoms with Crippen molar-refractivity contribution in [3.05, 3.63) is 62.0 Å². The molecule has 6 heterocycles. The summed E-state index contributed by atoms with van der Waals surface area (Å²) in [6.45, 7) is 0.535. The standard InChI is InChI=1S/C38H42N12O3/c39-13-9-33(27-5-1-2-6-27)49-19-29(17-45-49)35-31-11-15-47(37(31)43-21-41-35)23-51-25-53-26-52-24-48-16-12-32-36(42-22-44-38(32)48)30-18-46-50(20-30)34(10-14-40)28-7-3-4-8-28/h11-12,15-22,27-28,33-34H,1-10,23-26H2. The minimum atomic E-state index is 0.0300. The highest BCUT2D eigenvalue weighted by atomic mass is 16.7. The van der Waals surface area contributed by atoms with Gasteiger partial charge in [0.2, 0.25) is 0 Å². The van der Waals surface area contributed by atoms with E-state index in [1.54, 1.807) is 12.7 Å². The van der Waals surface area contributed by atoms with Crippen LogP contribution in [-0.2, 0) is 27.7 Å². The molecule has 0 aromatic carbocycles. The summed E-state index contributed by atoms with van der Waals surface area (Å²) in [5, 5.41) is 30.0. The van der Waals surface area contributed by atoms with Gasteiger partial charge >= 0.3 is 0 Å². The van der Waals surface area contributed by atoms with Gasteiger partial charge in [0, 0.05) is 46.7 Å². The fourth-order valence-corrected chi connectivity index (χ4v) is 8.21. The topological polar surface area (TPSA) is 172 Å². The van der Waals surface area contributed by atoms with Crippen LogP contribution >= 0.6 is 0 Å². The van der Waals surface area contributed by atoms with Gasteiger partial charge in [0.05, 0.1) is 60.8 Å². The molecule has 53 heavy (non-hydrogen) atoms. The number of ether oxygens (including phenoxy) is 3. The van der Waals surface area contributed by atoms with Crippen molar-refractivity contribution in [1.82, 2.24) is 48.6 Å². The van der Waals surface area contributed by atoms with Crippen LogP contribution in [0.5, 0.6) is 0 Å². The molecule has 0 bridgehead atoms. The van der Waals surface area contributed by atoms with Crippen molar-refractivity contribution < 1.29 is 14.2 Å². The van der Waals surface area contributed by atoms with Gasteiger partial charge < -0.3 is 23.3 Å². The maximum atomic E-state index is 9.46. The molecule has 6 aromatic rings. The Morgan fingerprint density at radius 3 is 1.53 bits per heavy atom. The van der Waals surface area contributed by atoms with E-state index in [0.29, 0.717) is 24.7 Å². The minimum absolute atomic E-state index is 0.0300. The lowest BCUT2D eigenvalue weighted by molar-refractivity contribution is -0.154. The van der Waals surface area contributed by atoms with Crippen molar-refractivity contribution in [3.63, 3.8) is 0 Å². The Bertz CT molecular complexity index is 2070. The number of fused-ring (bicyclic) bond motifs is 2. The molecule has 2 aliphatic carbocycles. The number of nitrogens with zero attached hydrogens (tertiary/aromatic N) is 12. The Kier molecular flexibility index (Phi) is 10.5. The smallest absolute Gasteiger partial charge is 0.151 e. The Morgan fingerprint density at radius 2 is 1.09 bits per heavy atom. The second-order valence-corrected chi connectivity index (χ2v) is 14.0. The summed E-state index contributed by atoms with van der Waals surface area (Å²) in [5.41, 5.74) is 4.86. The van der Waals surface area contributed by atoms with E-state index in [4.69, 9.17) is 14.2 Å². The molecule has 0 saturated heterocycles. The zero-order valence-electron chi connectivity index (χ0n) is 29.6. The fourth-order valence-electron chi connectivity index (χ4n) is 8.21. The van der Waals surface area contributed by atoms with Gasteiger partial charge in [-0.3, -0.25) is 9.36 Å². The van der Waals surface area contributed by atoms with Gasteiger partial charge in [-0.25, -0.2) is 19.9 Å². The summed E-state index contributed by atoms with van der Waals surface area (Å²) in [7, 11) is 0. The lowest BCUT2D eigenvalue weighted by atomic mass is 9.96. The Morgan fingerprint density at radius 1 is 0.642 bits per heavy atom. The number of aromatic nitrogens is 10. The molecule has 0 amide bonds. The fraction of sp³-hybridized carbons (Fsp3) is 0.474. The molecule has 272 valence electrons. The molecule has 2 fully saturated rings. The number of rotatable bonds is 16. The molecule has 2 aliphatic rings. The first kappa shape index (κ1) is 34.6. The van der Waals surface area contributed by atoms with E-state index in [0.717, 1.165) is 70.3 Å². The maximum Gasteiger partial charge on any atom is 0.151 e. The van der Waals surface area contributed by atoms with Crippen molar-refractivity contribution in [2.24, 2.45) is 11.8 Å². The van der Waals surface area contributed by atoms with E-state index < -0.39 is 0 Å². The van der Waals surface area contributed by atoms with Gasteiger partial charge in [0.15, 0.2) is 13.6 Å². The van der Waals surface area contributed by atoms with Crippen LogP contribution in [0.3, 0.4) is 0 Å². The zero-order chi connectivity index (χ0) is 36.0. The summed E-state index contributed by atoms with van der Waals surface area (Å²) in [5.74, 6) is 0.962. The lowest BCUT2D eigenvalue weighted by Gasteiger charge is -2.21. The summed E-state index contributed by atoms with van der Waals surface area (Å²) in [4.78, 5) is 18.2. The van der Waals surface area contributed by atoms with Gasteiger partial charge in [0.25, 0.3) is 0 Å². The average molecular weight is 715 g/mol. The highest BCUT2D eigenvalue weighted by Crippen LogP contribution is 2.38. The highest BCUT2D eigenvalue weighted by Gasteiger charge is 2.28. The van der Waals surface area contributed by atoms with Crippen LogP contribution in [0.25, 0.3) is 44.6 Å². The lowest BCUT2D eigenvalue weighted by Crippen LogP contribution is -2.17. The first-order valence-electron chi connectivity index (χ1n) is 18.4. The van der Waals surface area contributed by atoms with E-state index in [9.17, 15) is 10.5 Å². The first-order chi connectivity index (χ1) is 26.2. The molecule has 15 nitrogen and oxygen atoms in total. The van der Waals surface area contributed by atoms with E-state index in [-0.39, 0.29) is 39.1 Å². The quantitative estimate of drug-likeness (QED) is 0.0765. The second-order valence-electron chi connectivity index (χ2n) is 14.0. The molecule has 8 rings (SSSR count). The molecule has 0 radical (unpaired) electrons. The van der Waals surface area contributed by atoms with Crippen LogP contribution in [0.4, 0.5) is 0 Å². The van der Waals surface area contributed by atoms with Crippen molar-refractivity contribution in [1.29, 1.82) is 10.5 Å². The van der Waals surface area contributed by atoms with E-state index in [2.05, 4.69) is 42.3 Å². The van der Waals surface area contributed by atoms with Gasteiger partial charge in [-0.15, -0.1) is 0 Å². The molecule has 2 atom stereocenters. The monoisotopic (exact) mass is 714 g/mol. The molecule has 0 spiro atoms. The van der Waals surface area contributed by atoms with E-state index >= 15 is 0 Å². The van der Waals surface area contributed by atoms with Crippen LogP contribution in [-0.4, -0.2) is 62.2 Å². The molecule has 6 aromatic heterocycles. The molecule has 0 N–H and O–H groups in total. The third-order valence-corrected chi connectivity index (χ3v) is 10.8. The van der Waals surface area contributed by atoms with Crippen LogP contribution in [0.1, 0.15) is 76.3 Å². The molecular formula is C38H42N12O3. The molecular weight excluding hydrogens is 672 g/mol. The van der Waals surface area contributed by atoms with E-state index in [1.807, 2.05) is 67.8 Å². The molecule has 0 aliphatic heterocycles. The van der Waals surface area contributed by atoms with Gasteiger partial charge in [-0.05, 0) is 49.7 Å². The Hall–Kier alpha value is -5.48. The van der Waals surface area contributed by atoms with Crippen LogP contribution in [0, 0.1) is 34.5 Å². The first-order valence-corrected chi connectivity index (χ1v) is 18.4. The second kappa shape index (κ2) is 16.0. The van der Waals surface area contributed by atoms with E-state index in [1.165, 1.54) is 25.7 Å². The van der Waals surface area contributed by atoms with Crippen molar-refractivity contribution in [2.45, 2.75) is 89.8 Å². The Balaban J connectivity index is 0.836. The number of hydrogen-bond donors (Lipinski definition) is 0. The average Bonchev–Trinajstić information content (AvgIpc) is 4.04. The van der Waals surface area contributed by atoms with Crippen LogP contribution in [0.15, 0.2) is 62.0 Å². The van der Waals surface area contributed by atoms with Crippen molar-refractivity contribution in [3.8, 4) is 34.7 Å².